The molecule has 0 spiro atoms. The number of nitrogens with zero attached hydrogens (tertiary/aromatic N) is 3. The molecular formula is C15H20BrN3O. The second kappa shape index (κ2) is 7.43. The summed E-state index contributed by atoms with van der Waals surface area (Å²) in [5.74, 6) is 0.976. The van der Waals surface area contributed by atoms with E-state index in [1.165, 1.54) is 11.1 Å². The normalized spacial score (nSPS) is 10.8. The molecule has 1 aromatic heterocycles. The van der Waals surface area contributed by atoms with Gasteiger partial charge in [0.05, 0.1) is 12.3 Å². The maximum Gasteiger partial charge on any atom is 0.122 e. The number of halogens is 1. The van der Waals surface area contributed by atoms with Crippen LogP contribution in [0.2, 0.25) is 0 Å². The van der Waals surface area contributed by atoms with Crippen molar-refractivity contribution in [2.45, 2.75) is 33.2 Å². The molecule has 0 atom stereocenters. The Kier molecular flexibility index (Phi) is 5.59. The zero-order valence-corrected chi connectivity index (χ0v) is 13.6. The van der Waals surface area contributed by atoms with Crippen molar-refractivity contribution in [1.82, 2.24) is 15.0 Å². The zero-order valence-electron chi connectivity index (χ0n) is 12.0. The molecule has 0 saturated carbocycles. The summed E-state index contributed by atoms with van der Waals surface area (Å²) < 4.78 is 7.70. The first-order chi connectivity index (χ1) is 9.69. The van der Waals surface area contributed by atoms with Gasteiger partial charge in [0, 0.05) is 30.9 Å². The first-order valence-corrected chi connectivity index (χ1v) is 7.96. The summed E-state index contributed by atoms with van der Waals surface area (Å²) in [5.41, 5.74) is 3.43. The predicted molar refractivity (Wildman–Crippen MR) is 83.5 cm³/mol. The minimum Gasteiger partial charge on any atom is -0.493 e. The van der Waals surface area contributed by atoms with Crippen LogP contribution in [-0.2, 0) is 13.0 Å². The maximum absolute atomic E-state index is 5.82. The lowest BCUT2D eigenvalue weighted by atomic mass is 10.1. The Labute approximate surface area is 128 Å². The van der Waals surface area contributed by atoms with Crippen LogP contribution in [0.15, 0.2) is 24.4 Å². The molecule has 0 aliphatic rings. The summed E-state index contributed by atoms with van der Waals surface area (Å²) in [4.78, 5) is 0. The van der Waals surface area contributed by atoms with Gasteiger partial charge in [-0.1, -0.05) is 33.3 Å². The molecule has 5 heteroatoms. The standard InChI is InChI=1S/C15H20BrN3O/c1-12-4-5-13(2)15(10-12)20-9-3-8-19-11-14(6-7-16)17-18-19/h4-5,10-11H,3,6-9H2,1-2H3. The minimum absolute atomic E-state index is 0.692. The second-order valence-corrected chi connectivity index (χ2v) is 5.68. The van der Waals surface area contributed by atoms with Crippen LogP contribution in [-0.4, -0.2) is 26.9 Å². The molecule has 2 rings (SSSR count). The van der Waals surface area contributed by atoms with Crippen molar-refractivity contribution in [2.24, 2.45) is 0 Å². The van der Waals surface area contributed by atoms with Gasteiger partial charge in [-0.3, -0.25) is 4.68 Å². The molecule has 108 valence electrons. The highest BCUT2D eigenvalue weighted by Gasteiger charge is 2.02. The summed E-state index contributed by atoms with van der Waals surface area (Å²) in [6.45, 7) is 5.67. The smallest absolute Gasteiger partial charge is 0.122 e. The average Bonchev–Trinajstić information content (AvgIpc) is 2.87. The van der Waals surface area contributed by atoms with Gasteiger partial charge >= 0.3 is 0 Å². The largest absolute Gasteiger partial charge is 0.493 e. The second-order valence-electron chi connectivity index (χ2n) is 4.88. The molecule has 1 aromatic carbocycles. The number of hydrogen-bond acceptors (Lipinski definition) is 3. The molecule has 0 fully saturated rings. The van der Waals surface area contributed by atoms with E-state index in [1.54, 1.807) is 0 Å². The van der Waals surface area contributed by atoms with E-state index < -0.39 is 0 Å². The fourth-order valence-electron chi connectivity index (χ4n) is 1.93. The molecule has 0 aliphatic carbocycles. The van der Waals surface area contributed by atoms with Crippen molar-refractivity contribution in [3.63, 3.8) is 0 Å². The van der Waals surface area contributed by atoms with Crippen molar-refractivity contribution < 1.29 is 4.74 Å². The first-order valence-electron chi connectivity index (χ1n) is 6.84. The Hall–Kier alpha value is -1.36. The molecule has 4 nitrogen and oxygen atoms in total. The van der Waals surface area contributed by atoms with Crippen molar-refractivity contribution in [3.8, 4) is 5.75 Å². The molecule has 0 saturated heterocycles. The van der Waals surface area contributed by atoms with Crippen molar-refractivity contribution in [3.05, 3.63) is 41.2 Å². The summed E-state index contributed by atoms with van der Waals surface area (Å²) in [5, 5.41) is 9.13. The van der Waals surface area contributed by atoms with Gasteiger partial charge in [0.1, 0.15) is 5.75 Å². The van der Waals surface area contributed by atoms with E-state index in [1.807, 2.05) is 10.9 Å². The maximum atomic E-state index is 5.82. The lowest BCUT2D eigenvalue weighted by Gasteiger charge is -2.09. The molecule has 0 N–H and O–H groups in total. The SMILES string of the molecule is Cc1ccc(C)c(OCCCn2cc(CCBr)nn2)c1. The fourth-order valence-corrected chi connectivity index (χ4v) is 2.34. The molecular weight excluding hydrogens is 318 g/mol. The van der Waals surface area contributed by atoms with E-state index in [9.17, 15) is 0 Å². The van der Waals surface area contributed by atoms with Gasteiger partial charge in [-0.25, -0.2) is 0 Å². The lowest BCUT2D eigenvalue weighted by molar-refractivity contribution is 0.296. The fraction of sp³-hybridized carbons (Fsp3) is 0.467. The average molecular weight is 338 g/mol. The summed E-state index contributed by atoms with van der Waals surface area (Å²) in [6.07, 6.45) is 3.84. The number of alkyl halides is 1. The Bertz CT molecular complexity index is 554. The molecule has 20 heavy (non-hydrogen) atoms. The predicted octanol–water partition coefficient (Wildman–Crippen LogP) is 3.30. The van der Waals surface area contributed by atoms with Crippen molar-refractivity contribution in [2.75, 3.05) is 11.9 Å². The topological polar surface area (TPSA) is 39.9 Å². The van der Waals surface area contributed by atoms with Gasteiger partial charge in [-0.15, -0.1) is 5.10 Å². The van der Waals surface area contributed by atoms with Gasteiger partial charge in [0.15, 0.2) is 0 Å². The van der Waals surface area contributed by atoms with Gasteiger partial charge in [-0.05, 0) is 31.0 Å². The van der Waals surface area contributed by atoms with E-state index in [0.717, 1.165) is 36.2 Å². The van der Waals surface area contributed by atoms with Crippen molar-refractivity contribution >= 4 is 15.9 Å². The van der Waals surface area contributed by atoms with Crippen LogP contribution in [0.4, 0.5) is 0 Å². The van der Waals surface area contributed by atoms with Gasteiger partial charge < -0.3 is 4.74 Å². The Morgan fingerprint density at radius 2 is 2.15 bits per heavy atom. The monoisotopic (exact) mass is 337 g/mol. The van der Waals surface area contributed by atoms with E-state index in [0.29, 0.717) is 6.61 Å². The molecule has 1 heterocycles. The van der Waals surface area contributed by atoms with E-state index in [-0.39, 0.29) is 0 Å². The first kappa shape index (κ1) is 15.0. The van der Waals surface area contributed by atoms with E-state index in [2.05, 4.69) is 58.3 Å². The van der Waals surface area contributed by atoms with Crippen LogP contribution in [0.25, 0.3) is 0 Å². The van der Waals surface area contributed by atoms with Gasteiger partial charge in [-0.2, -0.15) is 0 Å². The van der Waals surface area contributed by atoms with Crippen LogP contribution in [0.1, 0.15) is 23.2 Å². The lowest BCUT2D eigenvalue weighted by Crippen LogP contribution is -2.05. The van der Waals surface area contributed by atoms with Gasteiger partial charge in [0.2, 0.25) is 0 Å². The van der Waals surface area contributed by atoms with E-state index in [4.69, 9.17) is 4.74 Å². The number of ether oxygens (including phenoxy) is 1. The third-order valence-electron chi connectivity index (χ3n) is 3.07. The molecule has 0 bridgehead atoms. The quantitative estimate of drug-likeness (QED) is 0.574. The van der Waals surface area contributed by atoms with Gasteiger partial charge in [0.25, 0.3) is 0 Å². The third kappa shape index (κ3) is 4.34. The summed E-state index contributed by atoms with van der Waals surface area (Å²) >= 11 is 3.40. The Morgan fingerprint density at radius 1 is 1.30 bits per heavy atom. The Morgan fingerprint density at radius 3 is 2.95 bits per heavy atom. The van der Waals surface area contributed by atoms with Crippen LogP contribution in [0.3, 0.4) is 0 Å². The molecule has 2 aromatic rings. The highest BCUT2D eigenvalue weighted by Crippen LogP contribution is 2.19. The van der Waals surface area contributed by atoms with E-state index >= 15 is 0 Å². The van der Waals surface area contributed by atoms with Crippen LogP contribution in [0, 0.1) is 13.8 Å². The highest BCUT2D eigenvalue weighted by atomic mass is 79.9. The summed E-state index contributed by atoms with van der Waals surface area (Å²) in [7, 11) is 0. The molecule has 0 amide bonds. The summed E-state index contributed by atoms with van der Waals surface area (Å²) in [6, 6.07) is 6.27. The molecule has 0 aliphatic heterocycles. The number of rotatable bonds is 7. The van der Waals surface area contributed by atoms with Crippen LogP contribution in [0.5, 0.6) is 5.75 Å². The number of hydrogen-bond donors (Lipinski definition) is 0. The van der Waals surface area contributed by atoms with Crippen LogP contribution < -0.4 is 4.74 Å². The minimum atomic E-state index is 0.692. The van der Waals surface area contributed by atoms with Crippen molar-refractivity contribution in [1.29, 1.82) is 0 Å². The molecule has 0 radical (unpaired) electrons. The number of benzene rings is 1. The zero-order chi connectivity index (χ0) is 14.4. The van der Waals surface area contributed by atoms with Crippen LogP contribution >= 0.6 is 15.9 Å². The third-order valence-corrected chi connectivity index (χ3v) is 3.47. The Balaban J connectivity index is 1.77. The molecule has 0 unspecified atom stereocenters. The number of aromatic nitrogens is 3. The highest BCUT2D eigenvalue weighted by molar-refractivity contribution is 9.09. The number of aryl methyl sites for hydroxylation is 4.